The summed E-state index contributed by atoms with van der Waals surface area (Å²) in [4.78, 5) is 23.6. The summed E-state index contributed by atoms with van der Waals surface area (Å²) >= 11 is 0. The quantitative estimate of drug-likeness (QED) is 0.805. The predicted octanol–water partition coefficient (Wildman–Crippen LogP) is 1.46. The highest BCUT2D eigenvalue weighted by molar-refractivity contribution is 5.91. The van der Waals surface area contributed by atoms with E-state index in [-0.39, 0.29) is 18.6 Å². The molecular formula is C16H21NO5. The van der Waals surface area contributed by atoms with Crippen LogP contribution in [0.4, 0.5) is 0 Å². The summed E-state index contributed by atoms with van der Waals surface area (Å²) in [6, 6.07) is 5.01. The number of aryl methyl sites for hydroxylation is 1. The third kappa shape index (κ3) is 4.46. The lowest BCUT2D eigenvalue weighted by Gasteiger charge is -2.11. The van der Waals surface area contributed by atoms with Gasteiger partial charge in [0.15, 0.2) is 6.61 Å². The molecule has 2 rings (SSSR count). The zero-order chi connectivity index (χ0) is 15.9. The van der Waals surface area contributed by atoms with Gasteiger partial charge in [0.2, 0.25) is 0 Å². The summed E-state index contributed by atoms with van der Waals surface area (Å²) in [7, 11) is 1.54. The van der Waals surface area contributed by atoms with E-state index in [1.807, 2.05) is 6.92 Å². The molecule has 6 heteroatoms. The zero-order valence-corrected chi connectivity index (χ0v) is 12.9. The number of amides is 1. The smallest absolute Gasteiger partial charge is 0.338 e. The van der Waals surface area contributed by atoms with E-state index >= 15 is 0 Å². The van der Waals surface area contributed by atoms with Gasteiger partial charge < -0.3 is 19.5 Å². The number of carbonyl (C=O) groups excluding carboxylic acids is 2. The number of hydrogen-bond donors (Lipinski definition) is 1. The van der Waals surface area contributed by atoms with Crippen LogP contribution >= 0.6 is 0 Å². The minimum Gasteiger partial charge on any atom is -0.496 e. The summed E-state index contributed by atoms with van der Waals surface area (Å²) in [5.74, 6) is -0.272. The second-order valence-electron chi connectivity index (χ2n) is 5.20. The van der Waals surface area contributed by atoms with Gasteiger partial charge in [-0.1, -0.05) is 6.07 Å². The summed E-state index contributed by atoms with van der Waals surface area (Å²) < 4.78 is 15.6. The fraction of sp³-hybridized carbons (Fsp3) is 0.500. The first kappa shape index (κ1) is 16.3. The minimum atomic E-state index is -0.550. The molecule has 1 amide bonds. The standard InChI is InChI=1S/C16H21NO5/c1-11-5-6-12(8-14(11)20-2)16(19)22-10-15(18)17-9-13-4-3-7-21-13/h5-6,8,13H,3-4,7,9-10H2,1-2H3,(H,17,18)/t13-/m0/s1. The van der Waals surface area contributed by atoms with Crippen molar-refractivity contribution in [2.75, 3.05) is 26.9 Å². The molecule has 0 aliphatic carbocycles. The molecule has 0 radical (unpaired) electrons. The molecule has 6 nitrogen and oxygen atoms in total. The molecule has 1 aliphatic rings. The van der Waals surface area contributed by atoms with E-state index in [1.54, 1.807) is 18.2 Å². The molecule has 1 aliphatic heterocycles. The SMILES string of the molecule is COc1cc(C(=O)OCC(=O)NC[C@@H]2CCCO2)ccc1C. The number of carbonyl (C=O) groups is 2. The average Bonchev–Trinajstić information content (AvgIpc) is 3.04. The number of rotatable bonds is 6. The molecule has 1 heterocycles. The van der Waals surface area contributed by atoms with Crippen molar-refractivity contribution in [3.8, 4) is 5.75 Å². The first-order chi connectivity index (χ1) is 10.6. The van der Waals surface area contributed by atoms with Gasteiger partial charge in [0.1, 0.15) is 5.75 Å². The first-order valence-corrected chi connectivity index (χ1v) is 7.30. The lowest BCUT2D eigenvalue weighted by Crippen LogP contribution is -2.34. The van der Waals surface area contributed by atoms with E-state index in [0.717, 1.165) is 25.0 Å². The van der Waals surface area contributed by atoms with E-state index in [1.165, 1.54) is 7.11 Å². The van der Waals surface area contributed by atoms with Gasteiger partial charge in [-0.25, -0.2) is 4.79 Å². The molecule has 1 atom stereocenters. The van der Waals surface area contributed by atoms with E-state index < -0.39 is 5.97 Å². The molecule has 120 valence electrons. The number of methoxy groups -OCH3 is 1. The van der Waals surface area contributed by atoms with Crippen molar-refractivity contribution in [2.24, 2.45) is 0 Å². The van der Waals surface area contributed by atoms with Crippen molar-refractivity contribution < 1.29 is 23.8 Å². The van der Waals surface area contributed by atoms with Crippen LogP contribution in [0, 0.1) is 6.92 Å². The number of ether oxygens (including phenoxy) is 3. The van der Waals surface area contributed by atoms with E-state index in [2.05, 4.69) is 5.32 Å². The lowest BCUT2D eigenvalue weighted by molar-refractivity contribution is -0.124. The first-order valence-electron chi connectivity index (χ1n) is 7.30. The monoisotopic (exact) mass is 307 g/mol. The number of hydrogen-bond acceptors (Lipinski definition) is 5. The van der Waals surface area contributed by atoms with Crippen molar-refractivity contribution in [3.05, 3.63) is 29.3 Å². The van der Waals surface area contributed by atoms with Crippen LogP contribution in [0.5, 0.6) is 5.75 Å². The number of esters is 1. The topological polar surface area (TPSA) is 73.9 Å². The van der Waals surface area contributed by atoms with Crippen LogP contribution in [0.3, 0.4) is 0 Å². The summed E-state index contributed by atoms with van der Waals surface area (Å²) in [5.41, 5.74) is 1.28. The highest BCUT2D eigenvalue weighted by Crippen LogP contribution is 2.19. The summed E-state index contributed by atoms with van der Waals surface area (Å²) in [6.45, 7) is 2.77. The van der Waals surface area contributed by atoms with Crippen LogP contribution in [0.15, 0.2) is 18.2 Å². The number of nitrogens with one attached hydrogen (secondary N) is 1. The second-order valence-corrected chi connectivity index (χ2v) is 5.20. The Morgan fingerprint density at radius 3 is 2.91 bits per heavy atom. The molecule has 1 aromatic carbocycles. The highest BCUT2D eigenvalue weighted by Gasteiger charge is 2.17. The van der Waals surface area contributed by atoms with Crippen molar-refractivity contribution >= 4 is 11.9 Å². The maximum Gasteiger partial charge on any atom is 0.338 e. The molecule has 0 bridgehead atoms. The number of benzene rings is 1. The van der Waals surface area contributed by atoms with E-state index in [0.29, 0.717) is 17.9 Å². The van der Waals surface area contributed by atoms with Gasteiger partial charge in [0.25, 0.3) is 5.91 Å². The maximum atomic E-state index is 11.9. The summed E-state index contributed by atoms with van der Waals surface area (Å²) in [5, 5.41) is 2.70. The van der Waals surface area contributed by atoms with Gasteiger partial charge in [-0.3, -0.25) is 4.79 Å². The Morgan fingerprint density at radius 1 is 1.41 bits per heavy atom. The average molecular weight is 307 g/mol. The Labute approximate surface area is 129 Å². The van der Waals surface area contributed by atoms with Gasteiger partial charge in [0.05, 0.1) is 18.8 Å². The Morgan fingerprint density at radius 2 is 2.23 bits per heavy atom. The van der Waals surface area contributed by atoms with Gasteiger partial charge in [0, 0.05) is 13.2 Å². The predicted molar refractivity (Wildman–Crippen MR) is 80.0 cm³/mol. The Kier molecular flexibility index (Phi) is 5.77. The maximum absolute atomic E-state index is 11.9. The Balaban J connectivity index is 1.77. The molecular weight excluding hydrogens is 286 g/mol. The van der Waals surface area contributed by atoms with E-state index in [9.17, 15) is 9.59 Å². The van der Waals surface area contributed by atoms with Crippen LogP contribution in [0.2, 0.25) is 0 Å². The molecule has 0 unspecified atom stereocenters. The third-order valence-corrected chi connectivity index (χ3v) is 3.53. The Hall–Kier alpha value is -2.08. The Bertz CT molecular complexity index is 537. The van der Waals surface area contributed by atoms with Gasteiger partial charge in [-0.2, -0.15) is 0 Å². The van der Waals surface area contributed by atoms with Crippen LogP contribution in [-0.4, -0.2) is 44.8 Å². The van der Waals surface area contributed by atoms with Crippen LogP contribution < -0.4 is 10.1 Å². The van der Waals surface area contributed by atoms with E-state index in [4.69, 9.17) is 14.2 Å². The largest absolute Gasteiger partial charge is 0.496 e. The van der Waals surface area contributed by atoms with Crippen molar-refractivity contribution in [3.63, 3.8) is 0 Å². The molecule has 1 aromatic rings. The minimum absolute atomic E-state index is 0.0704. The lowest BCUT2D eigenvalue weighted by atomic mass is 10.1. The van der Waals surface area contributed by atoms with Gasteiger partial charge >= 0.3 is 5.97 Å². The zero-order valence-electron chi connectivity index (χ0n) is 12.9. The molecule has 0 saturated carbocycles. The molecule has 0 aromatic heterocycles. The van der Waals surface area contributed by atoms with Crippen LogP contribution in [-0.2, 0) is 14.3 Å². The van der Waals surface area contributed by atoms with Crippen LogP contribution in [0.25, 0.3) is 0 Å². The molecule has 1 N–H and O–H groups in total. The van der Waals surface area contributed by atoms with Crippen LogP contribution in [0.1, 0.15) is 28.8 Å². The second kappa shape index (κ2) is 7.79. The molecule has 1 saturated heterocycles. The van der Waals surface area contributed by atoms with Crippen molar-refractivity contribution in [1.29, 1.82) is 0 Å². The molecule has 0 spiro atoms. The van der Waals surface area contributed by atoms with Crippen molar-refractivity contribution in [1.82, 2.24) is 5.32 Å². The van der Waals surface area contributed by atoms with Gasteiger partial charge in [-0.15, -0.1) is 0 Å². The highest BCUT2D eigenvalue weighted by atomic mass is 16.5. The van der Waals surface area contributed by atoms with Crippen molar-refractivity contribution in [2.45, 2.75) is 25.9 Å². The normalized spacial score (nSPS) is 17.1. The molecule has 22 heavy (non-hydrogen) atoms. The van der Waals surface area contributed by atoms with Gasteiger partial charge in [-0.05, 0) is 37.5 Å². The molecule has 1 fully saturated rings. The third-order valence-electron chi connectivity index (χ3n) is 3.53. The fourth-order valence-corrected chi connectivity index (χ4v) is 2.25. The summed E-state index contributed by atoms with van der Waals surface area (Å²) in [6.07, 6.45) is 2.04. The fourth-order valence-electron chi connectivity index (χ4n) is 2.25.